The Kier molecular flexibility index (Phi) is 5.20. The number of morpholine rings is 1. The second-order valence-electron chi connectivity index (χ2n) is 5.10. The zero-order valence-corrected chi connectivity index (χ0v) is 13.1. The third-order valence-corrected chi connectivity index (χ3v) is 4.38. The minimum absolute atomic E-state index is 0.00422. The summed E-state index contributed by atoms with van der Waals surface area (Å²) in [6.07, 6.45) is 1.93. The van der Waals surface area contributed by atoms with Crippen LogP contribution in [-0.2, 0) is 16.0 Å². The molecule has 0 aliphatic carbocycles. The standard InChI is InChI=1S/C15H19N3O3S/c19-14(16-3-4-18-5-8-20-9-6-18)10-12-11-22-15(17-12)13-2-1-7-21-13/h1-2,7,11H,3-6,8-10H2,(H,16,19). The molecule has 2 aromatic heterocycles. The lowest BCUT2D eigenvalue weighted by atomic mass is 10.3. The van der Waals surface area contributed by atoms with Gasteiger partial charge >= 0.3 is 0 Å². The quantitative estimate of drug-likeness (QED) is 0.871. The molecule has 1 N–H and O–H groups in total. The van der Waals surface area contributed by atoms with Crippen LogP contribution in [0.5, 0.6) is 0 Å². The van der Waals surface area contributed by atoms with Crippen LogP contribution in [0.4, 0.5) is 0 Å². The van der Waals surface area contributed by atoms with Gasteiger partial charge in [0, 0.05) is 31.6 Å². The number of thiazole rings is 1. The number of rotatable bonds is 6. The molecule has 1 aliphatic rings. The van der Waals surface area contributed by atoms with E-state index in [1.54, 1.807) is 6.26 Å². The third kappa shape index (κ3) is 4.16. The summed E-state index contributed by atoms with van der Waals surface area (Å²) in [6, 6.07) is 3.69. The van der Waals surface area contributed by atoms with Crippen molar-refractivity contribution in [3.63, 3.8) is 0 Å². The maximum atomic E-state index is 11.9. The third-order valence-electron chi connectivity index (χ3n) is 3.48. The number of carbonyl (C=O) groups is 1. The average Bonchev–Trinajstić information content (AvgIpc) is 3.19. The Morgan fingerprint density at radius 2 is 2.27 bits per heavy atom. The van der Waals surface area contributed by atoms with E-state index in [0.717, 1.165) is 49.3 Å². The van der Waals surface area contributed by atoms with E-state index in [1.807, 2.05) is 17.5 Å². The molecule has 6 nitrogen and oxygen atoms in total. The zero-order chi connectivity index (χ0) is 15.2. The molecule has 22 heavy (non-hydrogen) atoms. The molecular weight excluding hydrogens is 302 g/mol. The highest BCUT2D eigenvalue weighted by molar-refractivity contribution is 7.13. The fourth-order valence-corrected chi connectivity index (χ4v) is 3.09. The molecule has 1 saturated heterocycles. The summed E-state index contributed by atoms with van der Waals surface area (Å²) in [5, 5.41) is 5.65. The van der Waals surface area contributed by atoms with Crippen LogP contribution in [0.2, 0.25) is 0 Å². The van der Waals surface area contributed by atoms with Crippen molar-refractivity contribution in [3.05, 3.63) is 29.5 Å². The van der Waals surface area contributed by atoms with Gasteiger partial charge < -0.3 is 14.5 Å². The van der Waals surface area contributed by atoms with E-state index in [0.29, 0.717) is 13.0 Å². The Labute approximate surface area is 133 Å². The maximum Gasteiger partial charge on any atom is 0.226 e. The number of furan rings is 1. The first-order chi connectivity index (χ1) is 10.8. The van der Waals surface area contributed by atoms with E-state index in [4.69, 9.17) is 9.15 Å². The average molecular weight is 321 g/mol. The summed E-state index contributed by atoms with van der Waals surface area (Å²) in [5.74, 6) is 0.744. The number of ether oxygens (including phenoxy) is 1. The van der Waals surface area contributed by atoms with Gasteiger partial charge in [0.05, 0.1) is 31.6 Å². The van der Waals surface area contributed by atoms with Crippen molar-refractivity contribution in [2.45, 2.75) is 6.42 Å². The van der Waals surface area contributed by atoms with Crippen LogP contribution >= 0.6 is 11.3 Å². The number of carbonyl (C=O) groups excluding carboxylic acids is 1. The molecule has 1 fully saturated rings. The molecule has 2 aromatic rings. The van der Waals surface area contributed by atoms with Gasteiger partial charge in [-0.3, -0.25) is 9.69 Å². The number of hydrogen-bond acceptors (Lipinski definition) is 6. The fourth-order valence-electron chi connectivity index (χ4n) is 2.31. The highest BCUT2D eigenvalue weighted by Crippen LogP contribution is 2.23. The van der Waals surface area contributed by atoms with E-state index in [1.165, 1.54) is 11.3 Å². The SMILES string of the molecule is O=C(Cc1csc(-c2ccco2)n1)NCCN1CCOCC1. The van der Waals surface area contributed by atoms with Crippen molar-refractivity contribution < 1.29 is 13.9 Å². The van der Waals surface area contributed by atoms with Crippen LogP contribution in [-0.4, -0.2) is 55.2 Å². The van der Waals surface area contributed by atoms with Gasteiger partial charge in [0.2, 0.25) is 5.91 Å². The van der Waals surface area contributed by atoms with E-state index in [2.05, 4.69) is 15.2 Å². The van der Waals surface area contributed by atoms with Crippen LogP contribution in [0.25, 0.3) is 10.8 Å². The Morgan fingerprint density at radius 3 is 3.05 bits per heavy atom. The number of aromatic nitrogens is 1. The van der Waals surface area contributed by atoms with Crippen molar-refractivity contribution in [2.75, 3.05) is 39.4 Å². The van der Waals surface area contributed by atoms with E-state index >= 15 is 0 Å². The number of amides is 1. The minimum Gasteiger partial charge on any atom is -0.462 e. The number of hydrogen-bond donors (Lipinski definition) is 1. The fraction of sp³-hybridized carbons (Fsp3) is 0.467. The first kappa shape index (κ1) is 15.2. The first-order valence-electron chi connectivity index (χ1n) is 7.36. The largest absolute Gasteiger partial charge is 0.462 e. The lowest BCUT2D eigenvalue weighted by molar-refractivity contribution is -0.120. The van der Waals surface area contributed by atoms with Gasteiger partial charge in [-0.05, 0) is 12.1 Å². The molecular formula is C15H19N3O3S. The van der Waals surface area contributed by atoms with Crippen LogP contribution in [0.15, 0.2) is 28.2 Å². The van der Waals surface area contributed by atoms with E-state index < -0.39 is 0 Å². The van der Waals surface area contributed by atoms with Crippen molar-refractivity contribution in [3.8, 4) is 10.8 Å². The molecule has 3 heterocycles. The Hall–Kier alpha value is -1.70. The molecule has 0 aromatic carbocycles. The zero-order valence-electron chi connectivity index (χ0n) is 12.3. The molecule has 3 rings (SSSR count). The first-order valence-corrected chi connectivity index (χ1v) is 8.24. The highest BCUT2D eigenvalue weighted by Gasteiger charge is 2.12. The van der Waals surface area contributed by atoms with Gasteiger partial charge in [0.1, 0.15) is 0 Å². The molecule has 1 amide bonds. The molecule has 0 bridgehead atoms. The normalized spacial score (nSPS) is 15.8. The second-order valence-corrected chi connectivity index (χ2v) is 5.96. The smallest absolute Gasteiger partial charge is 0.226 e. The molecule has 1 aliphatic heterocycles. The summed E-state index contributed by atoms with van der Waals surface area (Å²) in [6.45, 7) is 4.96. The monoisotopic (exact) mass is 321 g/mol. The Balaban J connectivity index is 1.42. The van der Waals surface area contributed by atoms with Gasteiger partial charge in [-0.1, -0.05) is 0 Å². The van der Waals surface area contributed by atoms with Gasteiger partial charge in [0.25, 0.3) is 0 Å². The summed E-state index contributed by atoms with van der Waals surface area (Å²) in [4.78, 5) is 18.7. The van der Waals surface area contributed by atoms with E-state index in [-0.39, 0.29) is 5.91 Å². The summed E-state index contributed by atoms with van der Waals surface area (Å²) < 4.78 is 10.6. The van der Waals surface area contributed by atoms with Crippen molar-refractivity contribution in [1.29, 1.82) is 0 Å². The van der Waals surface area contributed by atoms with Crippen molar-refractivity contribution in [2.24, 2.45) is 0 Å². The van der Waals surface area contributed by atoms with E-state index in [9.17, 15) is 4.79 Å². The topological polar surface area (TPSA) is 67.6 Å². The van der Waals surface area contributed by atoms with Gasteiger partial charge in [-0.2, -0.15) is 0 Å². The Morgan fingerprint density at radius 1 is 1.41 bits per heavy atom. The van der Waals surface area contributed by atoms with Gasteiger partial charge in [0.15, 0.2) is 10.8 Å². The summed E-state index contributed by atoms with van der Waals surface area (Å²) in [7, 11) is 0. The highest BCUT2D eigenvalue weighted by atomic mass is 32.1. The predicted molar refractivity (Wildman–Crippen MR) is 83.8 cm³/mol. The predicted octanol–water partition coefficient (Wildman–Crippen LogP) is 1.39. The molecule has 0 unspecified atom stereocenters. The van der Waals surface area contributed by atoms with Crippen molar-refractivity contribution >= 4 is 17.2 Å². The van der Waals surface area contributed by atoms with Crippen LogP contribution < -0.4 is 5.32 Å². The molecule has 0 atom stereocenters. The molecule has 118 valence electrons. The minimum atomic E-state index is 0.00422. The number of nitrogens with zero attached hydrogens (tertiary/aromatic N) is 2. The Bertz CT molecular complexity index is 591. The van der Waals surface area contributed by atoms with Crippen molar-refractivity contribution in [1.82, 2.24) is 15.2 Å². The molecule has 0 spiro atoms. The lowest BCUT2D eigenvalue weighted by Gasteiger charge is -2.26. The maximum absolute atomic E-state index is 11.9. The molecule has 0 saturated carbocycles. The van der Waals surface area contributed by atoms with Crippen LogP contribution in [0, 0.1) is 0 Å². The molecule has 7 heteroatoms. The summed E-state index contributed by atoms with van der Waals surface area (Å²) in [5.41, 5.74) is 0.778. The van der Waals surface area contributed by atoms with Crippen LogP contribution in [0.3, 0.4) is 0 Å². The molecule has 0 radical (unpaired) electrons. The van der Waals surface area contributed by atoms with Gasteiger partial charge in [-0.25, -0.2) is 4.98 Å². The second kappa shape index (κ2) is 7.53. The summed E-state index contributed by atoms with van der Waals surface area (Å²) >= 11 is 1.49. The van der Waals surface area contributed by atoms with Crippen LogP contribution in [0.1, 0.15) is 5.69 Å². The lowest BCUT2D eigenvalue weighted by Crippen LogP contribution is -2.41. The van der Waals surface area contributed by atoms with Gasteiger partial charge in [-0.15, -0.1) is 11.3 Å². The number of nitrogens with one attached hydrogen (secondary N) is 1.